The van der Waals surface area contributed by atoms with Gasteiger partial charge in [-0.2, -0.15) is 0 Å². The number of fused-ring (bicyclic) bond motifs is 1. The highest BCUT2D eigenvalue weighted by atomic mass is 35.5. The Kier molecular flexibility index (Phi) is 8.00. The van der Waals surface area contributed by atoms with Crippen molar-refractivity contribution in [3.8, 4) is 0 Å². The van der Waals surface area contributed by atoms with E-state index in [-0.39, 0.29) is 24.1 Å². The Morgan fingerprint density at radius 3 is 2.58 bits per heavy atom. The molecule has 1 aliphatic heterocycles. The Bertz CT molecular complexity index is 1030. The Morgan fingerprint density at radius 2 is 1.90 bits per heavy atom. The Balaban J connectivity index is 0.00000272. The van der Waals surface area contributed by atoms with Crippen LogP contribution in [0.2, 0.25) is 0 Å². The molecule has 4 rings (SSSR count). The summed E-state index contributed by atoms with van der Waals surface area (Å²) in [6.07, 6.45) is 0.814. The van der Waals surface area contributed by atoms with Crippen LogP contribution in [0.1, 0.15) is 27.9 Å². The molecule has 31 heavy (non-hydrogen) atoms. The number of morpholine rings is 1. The maximum absolute atomic E-state index is 14.2. The number of halogens is 2. The van der Waals surface area contributed by atoms with E-state index < -0.39 is 0 Å². The molecule has 0 aliphatic carbocycles. The molecule has 0 spiro atoms. The zero-order valence-corrected chi connectivity index (χ0v) is 19.4. The van der Waals surface area contributed by atoms with Crippen molar-refractivity contribution >= 4 is 45.0 Å². The van der Waals surface area contributed by atoms with Crippen molar-refractivity contribution in [3.63, 3.8) is 0 Å². The minimum Gasteiger partial charge on any atom is -0.379 e. The molecule has 0 atom stereocenters. The van der Waals surface area contributed by atoms with Crippen LogP contribution in [-0.2, 0) is 4.74 Å². The summed E-state index contributed by atoms with van der Waals surface area (Å²) in [6.45, 7) is 8.72. The van der Waals surface area contributed by atoms with Crippen LogP contribution in [0.3, 0.4) is 0 Å². The molecule has 0 unspecified atom stereocenters. The van der Waals surface area contributed by atoms with Gasteiger partial charge in [-0.25, -0.2) is 9.37 Å². The molecule has 166 valence electrons. The lowest BCUT2D eigenvalue weighted by atomic mass is 10.1. The van der Waals surface area contributed by atoms with Crippen LogP contribution in [-0.4, -0.2) is 55.2 Å². The first-order valence-corrected chi connectivity index (χ1v) is 11.1. The van der Waals surface area contributed by atoms with Crippen molar-refractivity contribution in [2.75, 3.05) is 44.3 Å². The second-order valence-electron chi connectivity index (χ2n) is 7.72. The summed E-state index contributed by atoms with van der Waals surface area (Å²) in [4.78, 5) is 22.0. The monoisotopic (exact) mass is 463 g/mol. The van der Waals surface area contributed by atoms with Gasteiger partial charge in [0.1, 0.15) is 11.3 Å². The summed E-state index contributed by atoms with van der Waals surface area (Å²) < 4.78 is 20.4. The van der Waals surface area contributed by atoms with Crippen LogP contribution in [0, 0.1) is 19.7 Å². The van der Waals surface area contributed by atoms with E-state index >= 15 is 0 Å². The Morgan fingerprint density at radius 1 is 1.19 bits per heavy atom. The number of aromatic nitrogens is 1. The Hall–Kier alpha value is -2.06. The van der Waals surface area contributed by atoms with E-state index in [0.29, 0.717) is 22.8 Å². The smallest absolute Gasteiger partial charge is 0.260 e. The number of amides is 1. The fourth-order valence-electron chi connectivity index (χ4n) is 3.83. The fraction of sp³-hybridized carbons (Fsp3) is 0.391. The van der Waals surface area contributed by atoms with Crippen LogP contribution in [0.15, 0.2) is 36.4 Å². The highest BCUT2D eigenvalue weighted by Gasteiger charge is 2.23. The molecule has 5 nitrogen and oxygen atoms in total. The number of nitrogens with zero attached hydrogens (tertiary/aromatic N) is 3. The lowest BCUT2D eigenvalue weighted by Gasteiger charge is -2.27. The predicted molar refractivity (Wildman–Crippen MR) is 126 cm³/mol. The first-order valence-electron chi connectivity index (χ1n) is 10.3. The van der Waals surface area contributed by atoms with E-state index in [4.69, 9.17) is 4.74 Å². The number of benzene rings is 2. The molecular formula is C23H27ClFN3O2S. The molecule has 2 aromatic carbocycles. The highest BCUT2D eigenvalue weighted by molar-refractivity contribution is 7.22. The van der Waals surface area contributed by atoms with Gasteiger partial charge in [0.2, 0.25) is 0 Å². The molecule has 1 aromatic heterocycles. The van der Waals surface area contributed by atoms with Crippen molar-refractivity contribution in [1.82, 2.24) is 9.88 Å². The molecule has 0 bridgehead atoms. The van der Waals surface area contributed by atoms with Crippen molar-refractivity contribution in [2.45, 2.75) is 20.3 Å². The van der Waals surface area contributed by atoms with Gasteiger partial charge in [-0.3, -0.25) is 14.6 Å². The largest absolute Gasteiger partial charge is 0.379 e. The molecular weight excluding hydrogens is 437 g/mol. The second-order valence-corrected chi connectivity index (χ2v) is 8.73. The van der Waals surface area contributed by atoms with E-state index in [2.05, 4.69) is 9.88 Å². The highest BCUT2D eigenvalue weighted by Crippen LogP contribution is 2.31. The van der Waals surface area contributed by atoms with Gasteiger partial charge in [0.05, 0.1) is 17.9 Å². The van der Waals surface area contributed by atoms with Crippen molar-refractivity contribution < 1.29 is 13.9 Å². The first-order chi connectivity index (χ1) is 14.5. The number of para-hydroxylation sites is 1. The van der Waals surface area contributed by atoms with Gasteiger partial charge in [-0.1, -0.05) is 34.6 Å². The van der Waals surface area contributed by atoms with Crippen LogP contribution < -0.4 is 4.90 Å². The SMILES string of the molecule is Cc1cc(C)cc(C(=O)N(CCCN2CCOCC2)c2nc3c(F)cccc3s2)c1.Cl. The number of carbonyl (C=O) groups is 1. The zero-order valence-electron chi connectivity index (χ0n) is 17.8. The molecule has 1 saturated heterocycles. The molecule has 3 aromatic rings. The lowest BCUT2D eigenvalue weighted by molar-refractivity contribution is 0.0376. The maximum atomic E-state index is 14.2. The van der Waals surface area contributed by atoms with Crippen LogP contribution >= 0.6 is 23.7 Å². The molecule has 0 saturated carbocycles. The number of hydrogen-bond acceptors (Lipinski definition) is 5. The third-order valence-electron chi connectivity index (χ3n) is 5.26. The normalized spacial score (nSPS) is 14.4. The molecule has 0 N–H and O–H groups in total. The third kappa shape index (κ3) is 5.60. The summed E-state index contributed by atoms with van der Waals surface area (Å²) in [5.41, 5.74) is 3.05. The second kappa shape index (κ2) is 10.5. The minimum absolute atomic E-state index is 0. The summed E-state index contributed by atoms with van der Waals surface area (Å²) >= 11 is 1.36. The van der Waals surface area contributed by atoms with E-state index in [1.54, 1.807) is 11.0 Å². The van der Waals surface area contributed by atoms with E-state index in [9.17, 15) is 9.18 Å². The quantitative estimate of drug-likeness (QED) is 0.524. The van der Waals surface area contributed by atoms with Gasteiger partial charge in [0.15, 0.2) is 5.13 Å². The summed E-state index contributed by atoms with van der Waals surface area (Å²) in [7, 11) is 0. The number of rotatable bonds is 6. The standard InChI is InChI=1S/C23H26FN3O2S.ClH/c1-16-13-17(2)15-18(14-16)22(28)27(8-4-7-26-9-11-29-12-10-26)23-25-21-19(24)5-3-6-20(21)30-23;/h3,5-6,13-15H,4,7-12H2,1-2H3;1H. The Labute approximate surface area is 192 Å². The number of thiazole rings is 1. The number of ether oxygens (including phenoxy) is 1. The van der Waals surface area contributed by atoms with E-state index in [0.717, 1.165) is 55.1 Å². The molecule has 1 amide bonds. The van der Waals surface area contributed by atoms with Gasteiger partial charge >= 0.3 is 0 Å². The van der Waals surface area contributed by atoms with Gasteiger partial charge in [-0.15, -0.1) is 12.4 Å². The van der Waals surface area contributed by atoms with E-state index in [1.165, 1.54) is 17.4 Å². The molecule has 2 heterocycles. The number of hydrogen-bond donors (Lipinski definition) is 0. The van der Waals surface area contributed by atoms with Crippen LogP contribution in [0.5, 0.6) is 0 Å². The maximum Gasteiger partial charge on any atom is 0.260 e. The number of aryl methyl sites for hydroxylation is 2. The van der Waals surface area contributed by atoms with Crippen molar-refractivity contribution in [1.29, 1.82) is 0 Å². The first kappa shape index (κ1) is 23.6. The molecule has 1 aliphatic rings. The summed E-state index contributed by atoms with van der Waals surface area (Å²) in [5.74, 6) is -0.453. The number of anilines is 1. The average molecular weight is 464 g/mol. The molecule has 8 heteroatoms. The fourth-order valence-corrected chi connectivity index (χ4v) is 4.84. The molecule has 0 radical (unpaired) electrons. The predicted octanol–water partition coefficient (Wildman–Crippen LogP) is 4.84. The lowest BCUT2D eigenvalue weighted by Crippen LogP contribution is -2.39. The van der Waals surface area contributed by atoms with Crippen molar-refractivity contribution in [3.05, 3.63) is 58.9 Å². The zero-order chi connectivity index (χ0) is 21.1. The summed E-state index contributed by atoms with van der Waals surface area (Å²) in [6, 6.07) is 10.8. The van der Waals surface area contributed by atoms with Crippen molar-refractivity contribution in [2.24, 2.45) is 0 Å². The topological polar surface area (TPSA) is 45.7 Å². The minimum atomic E-state index is -0.359. The third-order valence-corrected chi connectivity index (χ3v) is 6.31. The number of carbonyl (C=O) groups excluding carboxylic acids is 1. The van der Waals surface area contributed by atoms with Crippen LogP contribution in [0.4, 0.5) is 9.52 Å². The van der Waals surface area contributed by atoms with Gasteiger partial charge < -0.3 is 4.74 Å². The molecule has 1 fully saturated rings. The van der Waals surface area contributed by atoms with Gasteiger partial charge in [0, 0.05) is 31.7 Å². The summed E-state index contributed by atoms with van der Waals surface area (Å²) in [5, 5.41) is 0.543. The van der Waals surface area contributed by atoms with Gasteiger partial charge in [0.25, 0.3) is 5.91 Å². The van der Waals surface area contributed by atoms with Gasteiger partial charge in [-0.05, 0) is 44.5 Å². The van der Waals surface area contributed by atoms with Crippen LogP contribution in [0.25, 0.3) is 10.2 Å². The van der Waals surface area contributed by atoms with E-state index in [1.807, 2.05) is 38.1 Å². The average Bonchev–Trinajstić information content (AvgIpc) is 3.16.